The summed E-state index contributed by atoms with van der Waals surface area (Å²) in [6.45, 7) is 3.44. The highest BCUT2D eigenvalue weighted by molar-refractivity contribution is 8.15. The first kappa shape index (κ1) is 10.7. The average Bonchev–Trinajstić information content (AvgIpc) is 2.96. The zero-order valence-corrected chi connectivity index (χ0v) is 10.5. The van der Waals surface area contributed by atoms with Crippen molar-refractivity contribution in [3.8, 4) is 0 Å². The lowest BCUT2D eigenvalue weighted by Gasteiger charge is -2.31. The van der Waals surface area contributed by atoms with Gasteiger partial charge in [-0.1, -0.05) is 23.5 Å². The van der Waals surface area contributed by atoms with Gasteiger partial charge >= 0.3 is 0 Å². The van der Waals surface area contributed by atoms with Gasteiger partial charge in [0.15, 0.2) is 16.1 Å². The van der Waals surface area contributed by atoms with Crippen LogP contribution in [-0.2, 0) is 0 Å². The molecule has 3 aliphatic rings. The summed E-state index contributed by atoms with van der Waals surface area (Å²) in [5.74, 6) is 1.37. The van der Waals surface area contributed by atoms with Crippen LogP contribution in [0.25, 0.3) is 0 Å². The fourth-order valence-electron chi connectivity index (χ4n) is 1.97. The second-order valence-corrected chi connectivity index (χ2v) is 5.90. The van der Waals surface area contributed by atoms with E-state index in [2.05, 4.69) is 15.3 Å². The van der Waals surface area contributed by atoms with Crippen LogP contribution in [0, 0.1) is 0 Å². The molecule has 0 radical (unpaired) electrons. The van der Waals surface area contributed by atoms with Crippen LogP contribution in [0.15, 0.2) is 9.98 Å². The van der Waals surface area contributed by atoms with Crippen LogP contribution in [0.1, 0.15) is 0 Å². The standard InChI is InChI=1S/C9H14N4OS2/c14-9(5-15-7-10-1-2-11-7)6-16-8-12-3-4-13(8)9/h14H,1-6H2,(H,10,11). The van der Waals surface area contributed by atoms with Crippen molar-refractivity contribution in [2.75, 3.05) is 37.7 Å². The monoisotopic (exact) mass is 258 g/mol. The molecule has 88 valence electrons. The summed E-state index contributed by atoms with van der Waals surface area (Å²) < 4.78 is 0. The molecule has 0 aliphatic carbocycles. The first-order valence-electron chi connectivity index (χ1n) is 5.36. The number of hydrogen-bond donors (Lipinski definition) is 2. The molecular weight excluding hydrogens is 244 g/mol. The highest BCUT2D eigenvalue weighted by atomic mass is 32.2. The maximum Gasteiger partial charge on any atom is 0.161 e. The van der Waals surface area contributed by atoms with Crippen LogP contribution < -0.4 is 5.32 Å². The van der Waals surface area contributed by atoms with Gasteiger partial charge in [-0.15, -0.1) is 0 Å². The number of amidine groups is 2. The lowest BCUT2D eigenvalue weighted by Crippen LogP contribution is -2.49. The van der Waals surface area contributed by atoms with Crippen LogP contribution in [0.5, 0.6) is 0 Å². The largest absolute Gasteiger partial charge is 0.369 e. The van der Waals surface area contributed by atoms with E-state index in [4.69, 9.17) is 0 Å². The molecule has 7 heteroatoms. The molecule has 0 bridgehead atoms. The van der Waals surface area contributed by atoms with Gasteiger partial charge in [-0.3, -0.25) is 9.98 Å². The first-order valence-corrected chi connectivity index (χ1v) is 7.33. The number of fused-ring (bicyclic) bond motifs is 1. The minimum Gasteiger partial charge on any atom is -0.369 e. The van der Waals surface area contributed by atoms with E-state index in [0.717, 1.165) is 36.5 Å². The molecule has 3 rings (SSSR count). The molecule has 5 nitrogen and oxygen atoms in total. The molecule has 16 heavy (non-hydrogen) atoms. The molecule has 0 saturated carbocycles. The Kier molecular flexibility index (Phi) is 2.76. The quantitative estimate of drug-likeness (QED) is 0.717. The molecule has 0 aromatic rings. The number of nitrogens with one attached hydrogen (secondary N) is 1. The number of aliphatic imine (C=N–C) groups is 2. The second-order valence-electron chi connectivity index (χ2n) is 3.99. The number of rotatable bonds is 2. The Labute approximate surface area is 103 Å². The van der Waals surface area contributed by atoms with Gasteiger partial charge in [-0.25, -0.2) is 0 Å². The minimum atomic E-state index is -0.739. The van der Waals surface area contributed by atoms with Crippen LogP contribution in [0.3, 0.4) is 0 Å². The lowest BCUT2D eigenvalue weighted by atomic mass is 10.3. The van der Waals surface area contributed by atoms with Gasteiger partial charge in [-0.05, 0) is 0 Å². The van der Waals surface area contributed by atoms with Crippen molar-refractivity contribution in [2.24, 2.45) is 9.98 Å². The summed E-state index contributed by atoms with van der Waals surface area (Å²) in [6.07, 6.45) is 0. The van der Waals surface area contributed by atoms with E-state index >= 15 is 0 Å². The third-order valence-corrected chi connectivity index (χ3v) is 5.19. The average molecular weight is 258 g/mol. The van der Waals surface area contributed by atoms with Crippen LogP contribution >= 0.6 is 23.5 Å². The van der Waals surface area contributed by atoms with Gasteiger partial charge in [-0.2, -0.15) is 0 Å². The van der Waals surface area contributed by atoms with Crippen molar-refractivity contribution < 1.29 is 5.11 Å². The maximum absolute atomic E-state index is 10.5. The highest BCUT2D eigenvalue weighted by Gasteiger charge is 2.45. The number of hydrogen-bond acceptors (Lipinski definition) is 7. The molecule has 3 aliphatic heterocycles. The van der Waals surface area contributed by atoms with Crippen LogP contribution in [0.4, 0.5) is 0 Å². The van der Waals surface area contributed by atoms with E-state index in [1.54, 1.807) is 23.5 Å². The summed E-state index contributed by atoms with van der Waals surface area (Å²) >= 11 is 3.26. The summed E-state index contributed by atoms with van der Waals surface area (Å²) in [7, 11) is 0. The third-order valence-electron chi connectivity index (χ3n) is 2.82. The fourth-order valence-corrected chi connectivity index (χ4v) is 4.33. The molecular formula is C9H14N4OS2. The Morgan fingerprint density at radius 3 is 3.25 bits per heavy atom. The number of thioether (sulfide) groups is 2. The van der Waals surface area contributed by atoms with Crippen molar-refractivity contribution in [3.05, 3.63) is 0 Å². The van der Waals surface area contributed by atoms with Gasteiger partial charge in [0, 0.05) is 24.6 Å². The molecule has 0 spiro atoms. The van der Waals surface area contributed by atoms with Gasteiger partial charge in [0.05, 0.1) is 13.1 Å². The predicted molar refractivity (Wildman–Crippen MR) is 69.2 cm³/mol. The summed E-state index contributed by atoms with van der Waals surface area (Å²) in [5.41, 5.74) is -0.739. The third kappa shape index (κ3) is 1.80. The molecule has 2 N–H and O–H groups in total. The molecule has 1 saturated heterocycles. The summed E-state index contributed by atoms with van der Waals surface area (Å²) in [5, 5.41) is 15.7. The van der Waals surface area contributed by atoms with Crippen LogP contribution in [0.2, 0.25) is 0 Å². The fraction of sp³-hybridized carbons (Fsp3) is 0.778. The zero-order chi connectivity index (χ0) is 11.0. The Bertz CT molecular complexity index is 359. The van der Waals surface area contributed by atoms with Crippen molar-refractivity contribution in [1.29, 1.82) is 0 Å². The van der Waals surface area contributed by atoms with Gasteiger partial charge in [0.2, 0.25) is 0 Å². The van der Waals surface area contributed by atoms with Gasteiger partial charge in [0.25, 0.3) is 0 Å². The molecule has 0 aromatic heterocycles. The van der Waals surface area contributed by atoms with E-state index in [0.29, 0.717) is 11.5 Å². The molecule has 3 heterocycles. The van der Waals surface area contributed by atoms with E-state index in [9.17, 15) is 5.11 Å². The SMILES string of the molecule is OC1(CSC2=NCCN2)CSC2=NCCN21. The number of aliphatic hydroxyl groups is 1. The Morgan fingerprint density at radius 1 is 1.50 bits per heavy atom. The normalized spacial score (nSPS) is 32.4. The topological polar surface area (TPSA) is 60.2 Å². The maximum atomic E-state index is 10.5. The van der Waals surface area contributed by atoms with Crippen LogP contribution in [-0.4, -0.2) is 63.8 Å². The Morgan fingerprint density at radius 2 is 2.44 bits per heavy atom. The van der Waals surface area contributed by atoms with Gasteiger partial charge < -0.3 is 15.3 Å². The molecule has 0 aromatic carbocycles. The van der Waals surface area contributed by atoms with E-state index in [1.165, 1.54) is 0 Å². The predicted octanol–water partition coefficient (Wildman–Crippen LogP) is -0.214. The van der Waals surface area contributed by atoms with Crippen molar-refractivity contribution >= 4 is 33.9 Å². The molecule has 1 unspecified atom stereocenters. The van der Waals surface area contributed by atoms with E-state index in [-0.39, 0.29) is 0 Å². The zero-order valence-electron chi connectivity index (χ0n) is 8.85. The summed E-state index contributed by atoms with van der Waals surface area (Å²) in [4.78, 5) is 10.7. The van der Waals surface area contributed by atoms with Crippen molar-refractivity contribution in [3.63, 3.8) is 0 Å². The Hall–Kier alpha value is -0.400. The smallest absolute Gasteiger partial charge is 0.161 e. The highest BCUT2D eigenvalue weighted by Crippen LogP contribution is 2.35. The molecule has 1 fully saturated rings. The molecule has 1 atom stereocenters. The Balaban J connectivity index is 1.63. The van der Waals surface area contributed by atoms with Crippen molar-refractivity contribution in [2.45, 2.75) is 5.72 Å². The van der Waals surface area contributed by atoms with Crippen molar-refractivity contribution in [1.82, 2.24) is 10.2 Å². The number of nitrogens with zero attached hydrogens (tertiary/aromatic N) is 3. The molecule has 0 amide bonds. The summed E-state index contributed by atoms with van der Waals surface area (Å²) in [6, 6.07) is 0. The lowest BCUT2D eigenvalue weighted by molar-refractivity contribution is -0.0137. The first-order chi connectivity index (χ1) is 7.78. The van der Waals surface area contributed by atoms with E-state index in [1.807, 2.05) is 4.90 Å². The van der Waals surface area contributed by atoms with E-state index < -0.39 is 5.72 Å². The van der Waals surface area contributed by atoms with Gasteiger partial charge in [0.1, 0.15) is 0 Å². The minimum absolute atomic E-state index is 0.658. The second kappa shape index (κ2) is 4.12.